The highest BCUT2D eigenvalue weighted by Crippen LogP contribution is 2.30. The maximum atomic E-state index is 12.8. The van der Waals surface area contributed by atoms with Gasteiger partial charge in [0.05, 0.1) is 5.36 Å². The van der Waals surface area contributed by atoms with Crippen molar-refractivity contribution in [2.75, 3.05) is 5.75 Å². The summed E-state index contributed by atoms with van der Waals surface area (Å²) in [6.07, 6.45) is 3.04. The lowest BCUT2D eigenvalue weighted by Gasteiger charge is -2.34. The van der Waals surface area contributed by atoms with Crippen LogP contribution in [0.4, 0.5) is 0 Å². The van der Waals surface area contributed by atoms with Crippen LogP contribution < -0.4 is 15.9 Å². The Kier molecular flexibility index (Phi) is 4.30. The van der Waals surface area contributed by atoms with Gasteiger partial charge in [0.25, 0.3) is 5.91 Å². The van der Waals surface area contributed by atoms with Gasteiger partial charge in [-0.15, -0.1) is 5.10 Å². The molecular formula is C17H14BrN5OS. The average Bonchev–Trinajstić information content (AvgIpc) is 2.62. The summed E-state index contributed by atoms with van der Waals surface area (Å²) in [4.78, 5) is 21.7. The normalized spacial score (nSPS) is 18.7. The topological polar surface area (TPSA) is 70.0 Å². The van der Waals surface area contributed by atoms with Crippen molar-refractivity contribution >= 4 is 44.5 Å². The van der Waals surface area contributed by atoms with Crippen LogP contribution in [-0.4, -0.2) is 26.8 Å². The van der Waals surface area contributed by atoms with E-state index >= 15 is 0 Å². The molecule has 0 bridgehead atoms. The molecule has 0 aliphatic carbocycles. The Balaban J connectivity index is 1.98. The molecule has 0 saturated carbocycles. The third-order valence-corrected chi connectivity index (χ3v) is 5.09. The second-order valence-corrected chi connectivity index (χ2v) is 7.60. The van der Waals surface area contributed by atoms with Crippen LogP contribution in [0.15, 0.2) is 57.3 Å². The first-order valence-corrected chi connectivity index (χ1v) is 9.55. The van der Waals surface area contributed by atoms with Crippen LogP contribution in [0, 0.1) is 0 Å². The fourth-order valence-electron chi connectivity index (χ4n) is 2.81. The van der Waals surface area contributed by atoms with Gasteiger partial charge in [-0.25, -0.2) is 5.01 Å². The molecule has 25 heavy (non-hydrogen) atoms. The Morgan fingerprint density at radius 1 is 1.28 bits per heavy atom. The van der Waals surface area contributed by atoms with Gasteiger partial charge in [-0.3, -0.25) is 20.1 Å². The summed E-state index contributed by atoms with van der Waals surface area (Å²) in [6.45, 7) is 2.02. The van der Waals surface area contributed by atoms with E-state index in [1.807, 2.05) is 37.3 Å². The number of fused-ring (bicyclic) bond motifs is 2. The van der Waals surface area contributed by atoms with E-state index in [0.29, 0.717) is 10.9 Å². The van der Waals surface area contributed by atoms with Crippen molar-refractivity contribution in [2.45, 2.75) is 13.1 Å². The molecule has 8 heteroatoms. The fourth-order valence-corrected chi connectivity index (χ4v) is 3.75. The Labute approximate surface area is 156 Å². The van der Waals surface area contributed by atoms with E-state index in [0.717, 1.165) is 26.4 Å². The standard InChI is InChI=1S/C17H14BrN5OS/c1-2-25-17-21-16(24)14-12-9-11(18)3-4-13(12)20-15(23(14)22-17)10-5-7-19-8-6-10/h3-9,15H,2H2,1H3,(H,21,22,24). The number of pyridine rings is 1. The van der Waals surface area contributed by atoms with Crippen LogP contribution >= 0.6 is 27.7 Å². The van der Waals surface area contributed by atoms with Gasteiger partial charge >= 0.3 is 0 Å². The predicted molar refractivity (Wildman–Crippen MR) is 101 cm³/mol. The first-order chi connectivity index (χ1) is 12.2. The van der Waals surface area contributed by atoms with Gasteiger partial charge in [-0.1, -0.05) is 34.6 Å². The average molecular weight is 416 g/mol. The van der Waals surface area contributed by atoms with Crippen LogP contribution in [0.2, 0.25) is 0 Å². The van der Waals surface area contributed by atoms with Crippen molar-refractivity contribution < 1.29 is 4.79 Å². The lowest BCUT2D eigenvalue weighted by Crippen LogP contribution is -2.50. The molecule has 0 saturated heterocycles. The van der Waals surface area contributed by atoms with Gasteiger partial charge in [-0.05, 0) is 36.1 Å². The molecule has 2 aromatic rings. The maximum Gasteiger partial charge on any atom is 0.276 e. The highest BCUT2D eigenvalue weighted by molar-refractivity contribution is 9.10. The highest BCUT2D eigenvalue weighted by Gasteiger charge is 2.34. The number of halogens is 1. The number of amidine groups is 1. The van der Waals surface area contributed by atoms with E-state index in [1.165, 1.54) is 11.8 Å². The summed E-state index contributed by atoms with van der Waals surface area (Å²) in [6, 6.07) is 9.52. The number of nitrogens with one attached hydrogen (secondary N) is 1. The molecule has 4 rings (SSSR count). The smallest absolute Gasteiger partial charge is 0.276 e. The summed E-state index contributed by atoms with van der Waals surface area (Å²) < 4.78 is 0.891. The minimum atomic E-state index is -0.398. The second kappa shape index (κ2) is 6.61. The van der Waals surface area contributed by atoms with E-state index in [1.54, 1.807) is 17.4 Å². The van der Waals surface area contributed by atoms with Gasteiger partial charge in [-0.2, -0.15) is 0 Å². The van der Waals surface area contributed by atoms with E-state index in [9.17, 15) is 4.79 Å². The first kappa shape index (κ1) is 16.3. The van der Waals surface area contributed by atoms with Crippen molar-refractivity contribution in [1.82, 2.24) is 15.3 Å². The number of benzene rings is 1. The lowest BCUT2D eigenvalue weighted by atomic mass is 10.1. The number of carbonyl (C=O) groups excluding carboxylic acids is 1. The van der Waals surface area contributed by atoms with Crippen molar-refractivity contribution in [3.05, 3.63) is 63.3 Å². The third-order valence-electron chi connectivity index (χ3n) is 3.86. The molecule has 1 N–H and O–H groups in total. The van der Waals surface area contributed by atoms with Crippen LogP contribution in [0.25, 0.3) is 5.70 Å². The van der Waals surface area contributed by atoms with Crippen LogP contribution in [-0.2, 0) is 4.79 Å². The van der Waals surface area contributed by atoms with Crippen molar-refractivity contribution in [3.63, 3.8) is 0 Å². The summed E-state index contributed by atoms with van der Waals surface area (Å²) in [7, 11) is 0. The molecule has 126 valence electrons. The number of hydrogen-bond acceptors (Lipinski definition) is 6. The highest BCUT2D eigenvalue weighted by atomic mass is 79.9. The molecule has 3 heterocycles. The Bertz CT molecular complexity index is 992. The van der Waals surface area contributed by atoms with Crippen molar-refractivity contribution in [2.24, 2.45) is 10.1 Å². The summed E-state index contributed by atoms with van der Waals surface area (Å²) in [5, 5.41) is 11.4. The molecular weight excluding hydrogens is 402 g/mol. The zero-order chi connectivity index (χ0) is 17.4. The zero-order valence-electron chi connectivity index (χ0n) is 13.3. The Morgan fingerprint density at radius 3 is 2.84 bits per heavy atom. The number of hydrogen-bond donors (Lipinski definition) is 1. The molecule has 0 radical (unpaired) electrons. The van der Waals surface area contributed by atoms with Gasteiger partial charge in [0.1, 0.15) is 5.70 Å². The maximum absolute atomic E-state index is 12.8. The summed E-state index contributed by atoms with van der Waals surface area (Å²) in [5.74, 6) is 0.654. The van der Waals surface area contributed by atoms with Crippen LogP contribution in [0.1, 0.15) is 18.7 Å². The van der Waals surface area contributed by atoms with Gasteiger partial charge in [0, 0.05) is 27.6 Å². The minimum Gasteiger partial charge on any atom is -0.298 e. The number of carbonyl (C=O) groups is 1. The quantitative estimate of drug-likeness (QED) is 0.810. The number of hydrazone groups is 1. The molecule has 1 unspecified atom stereocenters. The van der Waals surface area contributed by atoms with Crippen LogP contribution in [0.3, 0.4) is 0 Å². The molecule has 1 aromatic heterocycles. The molecule has 2 aliphatic heterocycles. The summed E-state index contributed by atoms with van der Waals surface area (Å²) in [5.41, 5.74) is 1.44. The lowest BCUT2D eigenvalue weighted by molar-refractivity contribution is -0.116. The van der Waals surface area contributed by atoms with E-state index < -0.39 is 6.17 Å². The molecule has 1 aromatic carbocycles. The van der Waals surface area contributed by atoms with E-state index in [4.69, 9.17) is 4.99 Å². The molecule has 0 fully saturated rings. The number of amides is 1. The van der Waals surface area contributed by atoms with Gasteiger partial charge in [0.15, 0.2) is 11.3 Å². The van der Waals surface area contributed by atoms with Gasteiger partial charge in [0.2, 0.25) is 0 Å². The molecule has 1 amide bonds. The monoisotopic (exact) mass is 415 g/mol. The second-order valence-electron chi connectivity index (χ2n) is 5.43. The molecule has 0 spiro atoms. The predicted octanol–water partition coefficient (Wildman–Crippen LogP) is 1.74. The first-order valence-electron chi connectivity index (χ1n) is 7.77. The fraction of sp³-hybridized carbons (Fsp3) is 0.176. The van der Waals surface area contributed by atoms with E-state index in [2.05, 4.69) is 31.3 Å². The Hall–Kier alpha value is -2.19. The van der Waals surface area contributed by atoms with Crippen molar-refractivity contribution in [1.29, 1.82) is 0 Å². The minimum absolute atomic E-state index is 0.167. The van der Waals surface area contributed by atoms with Crippen LogP contribution in [0.5, 0.6) is 0 Å². The number of nitrogens with zero attached hydrogens (tertiary/aromatic N) is 4. The SMILES string of the molecule is CCSC1=NN2C(=c3cc(Br)ccc3=NC2c2ccncc2)C(=O)N1. The molecule has 2 aliphatic rings. The Morgan fingerprint density at radius 2 is 2.08 bits per heavy atom. The molecule has 1 atom stereocenters. The number of thioether (sulfide) groups is 1. The van der Waals surface area contributed by atoms with Crippen molar-refractivity contribution in [3.8, 4) is 0 Å². The zero-order valence-corrected chi connectivity index (χ0v) is 15.7. The number of rotatable bonds is 2. The van der Waals surface area contributed by atoms with E-state index in [-0.39, 0.29) is 5.91 Å². The summed E-state index contributed by atoms with van der Waals surface area (Å²) >= 11 is 4.96. The van der Waals surface area contributed by atoms with Gasteiger partial charge < -0.3 is 0 Å². The third kappa shape index (κ3) is 2.96. The largest absolute Gasteiger partial charge is 0.298 e. The number of aromatic nitrogens is 1. The molecule has 6 nitrogen and oxygen atoms in total.